The molecule has 3 aromatic rings. The van der Waals surface area contributed by atoms with E-state index in [9.17, 15) is 16.8 Å². The van der Waals surface area contributed by atoms with E-state index in [1.807, 2.05) is 6.92 Å². The molecule has 1 unspecified atom stereocenters. The number of nitrogens with one attached hydrogen (secondary N) is 1. The second-order valence-electron chi connectivity index (χ2n) is 7.08. The number of thiophene rings is 1. The number of halogens is 1. The fraction of sp³-hybridized carbons (Fsp3) is 0.238. The first kappa shape index (κ1) is 23.0. The Bertz CT molecular complexity index is 1230. The summed E-state index contributed by atoms with van der Waals surface area (Å²) in [4.78, 5) is 0.833. The van der Waals surface area contributed by atoms with Gasteiger partial charge in [-0.25, -0.2) is 21.6 Å². The first-order chi connectivity index (χ1) is 14.0. The van der Waals surface area contributed by atoms with Crippen molar-refractivity contribution in [2.24, 2.45) is 0 Å². The molecule has 1 heterocycles. The van der Waals surface area contributed by atoms with Crippen LogP contribution in [0.1, 0.15) is 26.8 Å². The quantitative estimate of drug-likeness (QED) is 0.522. The number of rotatable bonds is 7. The van der Waals surface area contributed by atoms with E-state index in [1.165, 1.54) is 35.6 Å². The molecule has 5 nitrogen and oxygen atoms in total. The van der Waals surface area contributed by atoms with Crippen LogP contribution in [0.25, 0.3) is 0 Å². The SMILES string of the molecule is Cc1cc(C)c(S(=O)(=O)NCC(c2cccs2)S(=O)(=O)c2ccc(Cl)cc2)c(C)c1. The smallest absolute Gasteiger partial charge is 0.223 e. The Kier molecular flexibility index (Phi) is 6.74. The van der Waals surface area contributed by atoms with Gasteiger partial charge in [-0.05, 0) is 67.6 Å². The van der Waals surface area contributed by atoms with Crippen molar-refractivity contribution in [1.29, 1.82) is 0 Å². The van der Waals surface area contributed by atoms with Crippen molar-refractivity contribution in [1.82, 2.24) is 4.72 Å². The number of sulfonamides is 1. The van der Waals surface area contributed by atoms with Gasteiger partial charge in [0.1, 0.15) is 5.25 Å². The Morgan fingerprint density at radius 2 is 1.57 bits per heavy atom. The molecule has 0 spiro atoms. The molecular formula is C21H22ClNO4S3. The molecule has 0 saturated carbocycles. The summed E-state index contributed by atoms with van der Waals surface area (Å²) in [6.07, 6.45) is 0. The van der Waals surface area contributed by atoms with Crippen LogP contribution in [-0.2, 0) is 19.9 Å². The normalized spacial score (nSPS) is 13.3. The monoisotopic (exact) mass is 483 g/mol. The van der Waals surface area contributed by atoms with E-state index in [0.29, 0.717) is 21.0 Å². The summed E-state index contributed by atoms with van der Waals surface area (Å²) >= 11 is 7.16. The standard InChI is InChI=1S/C21H22ClNO4S3/c1-14-11-15(2)21(16(3)12-14)30(26,27)23-13-20(19-5-4-10-28-19)29(24,25)18-8-6-17(22)7-9-18/h4-12,20,23H,13H2,1-3H3. The molecule has 1 atom stereocenters. The maximum atomic E-state index is 13.3. The lowest BCUT2D eigenvalue weighted by Crippen LogP contribution is -2.32. The Hall–Kier alpha value is -1.71. The van der Waals surface area contributed by atoms with Gasteiger partial charge in [-0.1, -0.05) is 35.4 Å². The summed E-state index contributed by atoms with van der Waals surface area (Å²) < 4.78 is 55.2. The zero-order valence-electron chi connectivity index (χ0n) is 16.7. The highest BCUT2D eigenvalue weighted by Gasteiger charge is 2.32. The number of aryl methyl sites for hydroxylation is 3. The van der Waals surface area contributed by atoms with E-state index in [1.54, 1.807) is 43.5 Å². The number of sulfone groups is 1. The molecule has 0 radical (unpaired) electrons. The van der Waals surface area contributed by atoms with Crippen molar-refractivity contribution in [2.75, 3.05) is 6.54 Å². The average Bonchev–Trinajstić information content (AvgIpc) is 3.15. The Morgan fingerprint density at radius 1 is 0.967 bits per heavy atom. The summed E-state index contributed by atoms with van der Waals surface area (Å²) in [5, 5.41) is 1.13. The van der Waals surface area contributed by atoms with Crippen LogP contribution in [0.3, 0.4) is 0 Å². The predicted molar refractivity (Wildman–Crippen MR) is 122 cm³/mol. The molecule has 160 valence electrons. The summed E-state index contributed by atoms with van der Waals surface area (Å²) in [5.74, 6) is 0. The van der Waals surface area contributed by atoms with Crippen LogP contribution in [0, 0.1) is 20.8 Å². The fourth-order valence-electron chi connectivity index (χ4n) is 3.47. The van der Waals surface area contributed by atoms with Crippen molar-refractivity contribution >= 4 is 42.8 Å². The van der Waals surface area contributed by atoms with E-state index in [0.717, 1.165) is 5.56 Å². The van der Waals surface area contributed by atoms with E-state index < -0.39 is 25.1 Å². The molecule has 0 amide bonds. The minimum absolute atomic E-state index is 0.0900. The van der Waals surface area contributed by atoms with Gasteiger partial charge in [0, 0.05) is 16.4 Å². The van der Waals surface area contributed by atoms with Crippen LogP contribution in [0.2, 0.25) is 5.02 Å². The van der Waals surface area contributed by atoms with E-state index in [2.05, 4.69) is 4.72 Å². The third-order valence-electron chi connectivity index (χ3n) is 4.71. The second kappa shape index (κ2) is 8.80. The summed E-state index contributed by atoms with van der Waals surface area (Å²) in [6, 6.07) is 12.9. The van der Waals surface area contributed by atoms with Crippen molar-refractivity contribution in [2.45, 2.75) is 35.8 Å². The first-order valence-corrected chi connectivity index (χ1v) is 13.4. The maximum Gasteiger partial charge on any atom is 0.241 e. The molecule has 0 saturated heterocycles. The molecule has 3 rings (SSSR count). The van der Waals surface area contributed by atoms with Crippen molar-refractivity contribution < 1.29 is 16.8 Å². The van der Waals surface area contributed by atoms with E-state index in [4.69, 9.17) is 11.6 Å². The fourth-order valence-corrected chi connectivity index (χ4v) is 7.99. The third-order valence-corrected chi connectivity index (χ3v) is 9.92. The number of hydrogen-bond donors (Lipinski definition) is 1. The summed E-state index contributed by atoms with van der Waals surface area (Å²) in [6.45, 7) is 5.08. The molecular weight excluding hydrogens is 462 g/mol. The number of hydrogen-bond acceptors (Lipinski definition) is 5. The molecule has 0 bridgehead atoms. The van der Waals surface area contributed by atoms with Crippen LogP contribution in [-0.4, -0.2) is 23.4 Å². The predicted octanol–water partition coefficient (Wildman–Crippen LogP) is 4.82. The lowest BCUT2D eigenvalue weighted by atomic mass is 10.1. The maximum absolute atomic E-state index is 13.3. The summed E-state index contributed by atoms with van der Waals surface area (Å²) in [7, 11) is -7.75. The van der Waals surface area contributed by atoms with Gasteiger partial charge >= 0.3 is 0 Å². The van der Waals surface area contributed by atoms with Crippen molar-refractivity contribution in [3.05, 3.63) is 80.5 Å². The lowest BCUT2D eigenvalue weighted by Gasteiger charge is -2.19. The van der Waals surface area contributed by atoms with Gasteiger partial charge in [0.05, 0.1) is 9.79 Å². The van der Waals surface area contributed by atoms with Gasteiger partial charge in [0.15, 0.2) is 9.84 Å². The Balaban J connectivity index is 1.97. The van der Waals surface area contributed by atoms with Gasteiger partial charge < -0.3 is 0 Å². The second-order valence-corrected chi connectivity index (χ2v) is 12.3. The molecule has 9 heteroatoms. The molecule has 0 aliphatic rings. The highest BCUT2D eigenvalue weighted by atomic mass is 35.5. The van der Waals surface area contributed by atoms with Crippen molar-refractivity contribution in [3.8, 4) is 0 Å². The molecule has 0 aliphatic heterocycles. The zero-order chi connectivity index (χ0) is 22.1. The van der Waals surface area contributed by atoms with Gasteiger partial charge in [0.2, 0.25) is 10.0 Å². The average molecular weight is 484 g/mol. The lowest BCUT2D eigenvalue weighted by molar-refractivity contribution is 0.569. The van der Waals surface area contributed by atoms with Gasteiger partial charge in [-0.2, -0.15) is 0 Å². The largest absolute Gasteiger partial charge is 0.241 e. The minimum Gasteiger partial charge on any atom is -0.223 e. The van der Waals surface area contributed by atoms with Gasteiger partial charge in [-0.15, -0.1) is 11.3 Å². The topological polar surface area (TPSA) is 80.3 Å². The van der Waals surface area contributed by atoms with E-state index >= 15 is 0 Å². The van der Waals surface area contributed by atoms with Gasteiger partial charge in [0.25, 0.3) is 0 Å². The first-order valence-electron chi connectivity index (χ1n) is 9.13. The molecule has 0 fully saturated rings. The highest BCUT2D eigenvalue weighted by molar-refractivity contribution is 7.92. The van der Waals surface area contributed by atoms with Crippen molar-refractivity contribution in [3.63, 3.8) is 0 Å². The van der Waals surface area contributed by atoms with Crippen LogP contribution in [0.5, 0.6) is 0 Å². The molecule has 2 aromatic carbocycles. The summed E-state index contributed by atoms with van der Waals surface area (Å²) in [5.41, 5.74) is 2.20. The number of benzene rings is 2. The molecule has 30 heavy (non-hydrogen) atoms. The molecule has 1 N–H and O–H groups in total. The minimum atomic E-state index is -3.90. The van der Waals surface area contributed by atoms with Crippen LogP contribution in [0.15, 0.2) is 63.7 Å². The zero-order valence-corrected chi connectivity index (χ0v) is 19.9. The Labute approximate surface area is 186 Å². The van der Waals surface area contributed by atoms with Crippen LogP contribution in [0.4, 0.5) is 0 Å². The third kappa shape index (κ3) is 4.78. The highest BCUT2D eigenvalue weighted by Crippen LogP contribution is 2.32. The van der Waals surface area contributed by atoms with Crippen LogP contribution < -0.4 is 4.72 Å². The Morgan fingerprint density at radius 3 is 2.10 bits per heavy atom. The van der Waals surface area contributed by atoms with Gasteiger partial charge in [-0.3, -0.25) is 0 Å². The molecule has 0 aliphatic carbocycles. The van der Waals surface area contributed by atoms with E-state index in [-0.39, 0.29) is 16.3 Å². The van der Waals surface area contributed by atoms with Crippen LogP contribution >= 0.6 is 22.9 Å². The molecule has 1 aromatic heterocycles.